The molecular formula is C12H7BrFNO. The lowest BCUT2D eigenvalue weighted by Gasteiger charge is -2.03. The quantitative estimate of drug-likeness (QED) is 0.788. The molecule has 0 radical (unpaired) electrons. The number of hydrogen-bond acceptors (Lipinski definition) is 2. The van der Waals surface area contributed by atoms with Crippen LogP contribution in [0.5, 0.6) is 0 Å². The van der Waals surface area contributed by atoms with Crippen LogP contribution in [0, 0.1) is 5.82 Å². The molecule has 0 saturated heterocycles. The third-order valence-electron chi connectivity index (χ3n) is 2.15. The summed E-state index contributed by atoms with van der Waals surface area (Å²) in [6.45, 7) is 0. The first kappa shape index (κ1) is 11.0. The third kappa shape index (κ3) is 2.17. The molecule has 0 N–H and O–H groups in total. The zero-order valence-electron chi connectivity index (χ0n) is 8.15. The Labute approximate surface area is 100 Å². The molecule has 0 spiro atoms. The summed E-state index contributed by atoms with van der Waals surface area (Å²) in [6.07, 6.45) is 2.13. The minimum absolute atomic E-state index is 0.316. The maximum atomic E-state index is 13.5. The molecule has 2 nitrogen and oxygen atoms in total. The average Bonchev–Trinajstić information content (AvgIpc) is 2.32. The van der Waals surface area contributed by atoms with Crippen molar-refractivity contribution in [1.82, 2.24) is 4.98 Å². The number of nitrogens with zero attached hydrogens (tertiary/aromatic N) is 1. The molecule has 0 fully saturated rings. The fourth-order valence-electron chi connectivity index (χ4n) is 1.35. The Kier molecular flexibility index (Phi) is 3.10. The van der Waals surface area contributed by atoms with E-state index < -0.39 is 0 Å². The van der Waals surface area contributed by atoms with E-state index in [-0.39, 0.29) is 5.82 Å². The van der Waals surface area contributed by atoms with Gasteiger partial charge in [0.05, 0.1) is 0 Å². The monoisotopic (exact) mass is 279 g/mol. The molecule has 0 bridgehead atoms. The fourth-order valence-corrected chi connectivity index (χ4v) is 1.71. The van der Waals surface area contributed by atoms with E-state index >= 15 is 0 Å². The van der Waals surface area contributed by atoms with E-state index in [1.165, 1.54) is 12.3 Å². The molecule has 0 aliphatic rings. The number of pyridine rings is 1. The zero-order valence-corrected chi connectivity index (χ0v) is 9.74. The van der Waals surface area contributed by atoms with Gasteiger partial charge in [-0.2, -0.15) is 0 Å². The van der Waals surface area contributed by atoms with E-state index in [9.17, 15) is 9.18 Å². The number of carbonyl (C=O) groups excluding carboxylic acids is 1. The van der Waals surface area contributed by atoms with Crippen molar-refractivity contribution in [2.45, 2.75) is 0 Å². The first-order chi connectivity index (χ1) is 7.70. The molecule has 1 heterocycles. The van der Waals surface area contributed by atoms with Gasteiger partial charge in [-0.25, -0.2) is 4.39 Å². The number of hydrogen-bond donors (Lipinski definition) is 0. The number of aldehydes is 1. The Morgan fingerprint density at radius 3 is 2.69 bits per heavy atom. The Bertz CT molecular complexity index is 525. The largest absolute Gasteiger partial charge is 0.296 e. The molecule has 16 heavy (non-hydrogen) atoms. The van der Waals surface area contributed by atoms with Crippen molar-refractivity contribution in [3.05, 3.63) is 52.5 Å². The number of carbonyl (C=O) groups is 1. The Morgan fingerprint density at radius 2 is 2.06 bits per heavy atom. The molecule has 2 aromatic rings. The average molecular weight is 280 g/mol. The molecule has 80 valence electrons. The van der Waals surface area contributed by atoms with Gasteiger partial charge < -0.3 is 0 Å². The lowest BCUT2D eigenvalue weighted by atomic mass is 10.1. The van der Waals surface area contributed by atoms with Gasteiger partial charge in [0.25, 0.3) is 0 Å². The highest BCUT2D eigenvalue weighted by Crippen LogP contribution is 2.25. The summed E-state index contributed by atoms with van der Waals surface area (Å²) >= 11 is 3.28. The third-order valence-corrected chi connectivity index (χ3v) is 2.64. The van der Waals surface area contributed by atoms with Gasteiger partial charge in [-0.15, -0.1) is 0 Å². The molecular weight excluding hydrogens is 273 g/mol. The molecule has 0 atom stereocenters. The van der Waals surface area contributed by atoms with Gasteiger partial charge in [0.2, 0.25) is 0 Å². The SMILES string of the molecule is O=Cc1ccc(-c2cc(Br)ccc2F)cn1. The Balaban J connectivity index is 2.49. The second-order valence-corrected chi connectivity index (χ2v) is 4.13. The van der Waals surface area contributed by atoms with Crippen molar-refractivity contribution in [3.63, 3.8) is 0 Å². The number of benzene rings is 1. The van der Waals surface area contributed by atoms with E-state index in [0.717, 1.165) is 4.47 Å². The highest BCUT2D eigenvalue weighted by atomic mass is 79.9. The molecule has 0 amide bonds. The number of halogens is 2. The standard InChI is InChI=1S/C12H7BrFNO/c13-9-2-4-12(14)11(5-9)8-1-3-10(7-16)15-6-8/h1-7H. The van der Waals surface area contributed by atoms with Crippen LogP contribution < -0.4 is 0 Å². The van der Waals surface area contributed by atoms with Crippen molar-refractivity contribution in [3.8, 4) is 11.1 Å². The van der Waals surface area contributed by atoms with Crippen molar-refractivity contribution in [1.29, 1.82) is 0 Å². The van der Waals surface area contributed by atoms with Crippen molar-refractivity contribution < 1.29 is 9.18 Å². The van der Waals surface area contributed by atoms with Crippen LogP contribution in [-0.2, 0) is 0 Å². The molecule has 0 aliphatic carbocycles. The summed E-state index contributed by atoms with van der Waals surface area (Å²) in [4.78, 5) is 14.3. The topological polar surface area (TPSA) is 30.0 Å². The van der Waals surface area contributed by atoms with Crippen molar-refractivity contribution in [2.24, 2.45) is 0 Å². The van der Waals surface area contributed by atoms with Gasteiger partial charge in [-0.05, 0) is 24.3 Å². The number of aromatic nitrogens is 1. The van der Waals surface area contributed by atoms with Gasteiger partial charge in [0.15, 0.2) is 6.29 Å². The van der Waals surface area contributed by atoms with Gasteiger partial charge >= 0.3 is 0 Å². The smallest absolute Gasteiger partial charge is 0.168 e. The van der Waals surface area contributed by atoms with Gasteiger partial charge in [-0.1, -0.05) is 22.0 Å². The Morgan fingerprint density at radius 1 is 1.25 bits per heavy atom. The lowest BCUT2D eigenvalue weighted by molar-refractivity contribution is 0.111. The fraction of sp³-hybridized carbons (Fsp3) is 0. The van der Waals surface area contributed by atoms with Gasteiger partial charge in [-0.3, -0.25) is 9.78 Å². The predicted molar refractivity (Wildman–Crippen MR) is 62.7 cm³/mol. The molecule has 0 unspecified atom stereocenters. The summed E-state index contributed by atoms with van der Waals surface area (Å²) < 4.78 is 14.3. The van der Waals surface area contributed by atoms with Crippen molar-refractivity contribution >= 4 is 22.2 Å². The van der Waals surface area contributed by atoms with Crippen LogP contribution >= 0.6 is 15.9 Å². The van der Waals surface area contributed by atoms with E-state index in [2.05, 4.69) is 20.9 Å². The van der Waals surface area contributed by atoms with E-state index in [4.69, 9.17) is 0 Å². The van der Waals surface area contributed by atoms with Crippen molar-refractivity contribution in [2.75, 3.05) is 0 Å². The minimum atomic E-state index is -0.316. The number of rotatable bonds is 2. The predicted octanol–water partition coefficient (Wildman–Crippen LogP) is 3.46. The molecule has 2 rings (SSSR count). The minimum Gasteiger partial charge on any atom is -0.296 e. The lowest BCUT2D eigenvalue weighted by Crippen LogP contribution is -1.89. The summed E-state index contributed by atoms with van der Waals surface area (Å²) in [5, 5.41) is 0. The summed E-state index contributed by atoms with van der Waals surface area (Å²) in [5.41, 5.74) is 1.43. The maximum Gasteiger partial charge on any atom is 0.168 e. The summed E-state index contributed by atoms with van der Waals surface area (Å²) in [5.74, 6) is -0.316. The van der Waals surface area contributed by atoms with Crippen LogP contribution in [0.2, 0.25) is 0 Å². The highest BCUT2D eigenvalue weighted by molar-refractivity contribution is 9.10. The molecule has 4 heteroatoms. The zero-order chi connectivity index (χ0) is 11.5. The second-order valence-electron chi connectivity index (χ2n) is 3.21. The first-order valence-electron chi connectivity index (χ1n) is 4.57. The van der Waals surface area contributed by atoms with Crippen LogP contribution in [0.25, 0.3) is 11.1 Å². The second kappa shape index (κ2) is 4.53. The van der Waals surface area contributed by atoms with E-state index in [1.54, 1.807) is 24.3 Å². The van der Waals surface area contributed by atoms with Gasteiger partial charge in [0, 0.05) is 21.8 Å². The molecule has 1 aromatic heterocycles. The maximum absolute atomic E-state index is 13.5. The Hall–Kier alpha value is -1.55. The van der Waals surface area contributed by atoms with E-state index in [1.807, 2.05) is 0 Å². The molecule has 1 aromatic carbocycles. The van der Waals surface area contributed by atoms with Crippen LogP contribution in [0.1, 0.15) is 10.5 Å². The first-order valence-corrected chi connectivity index (χ1v) is 5.36. The summed E-state index contributed by atoms with van der Waals surface area (Å²) in [6, 6.07) is 7.91. The van der Waals surface area contributed by atoms with E-state index in [0.29, 0.717) is 23.1 Å². The summed E-state index contributed by atoms with van der Waals surface area (Å²) in [7, 11) is 0. The van der Waals surface area contributed by atoms with Crippen LogP contribution in [-0.4, -0.2) is 11.3 Å². The normalized spacial score (nSPS) is 10.1. The van der Waals surface area contributed by atoms with Crippen LogP contribution in [0.3, 0.4) is 0 Å². The molecule has 0 aliphatic heterocycles. The highest BCUT2D eigenvalue weighted by Gasteiger charge is 2.06. The van der Waals surface area contributed by atoms with Gasteiger partial charge in [0.1, 0.15) is 11.5 Å². The molecule has 0 saturated carbocycles. The van der Waals surface area contributed by atoms with Crippen LogP contribution in [0.15, 0.2) is 41.0 Å². The van der Waals surface area contributed by atoms with Crippen LogP contribution in [0.4, 0.5) is 4.39 Å².